The minimum Gasteiger partial charge on any atom is -0.382 e. The third-order valence-corrected chi connectivity index (χ3v) is 3.35. The number of hydrogen-bond acceptors (Lipinski definition) is 5. The van der Waals surface area contributed by atoms with Crippen LogP contribution in [0.15, 0.2) is 40.0 Å². The second kappa shape index (κ2) is 5.57. The molecular weight excluding hydrogens is 294 g/mol. The Kier molecular flexibility index (Phi) is 3.62. The zero-order chi connectivity index (χ0) is 14.8. The molecule has 1 atom stereocenters. The number of rotatable bonds is 3. The van der Waals surface area contributed by atoms with Gasteiger partial charge in [-0.15, -0.1) is 0 Å². The Morgan fingerprint density at radius 1 is 1.43 bits per heavy atom. The Morgan fingerprint density at radius 2 is 2.24 bits per heavy atom. The van der Waals surface area contributed by atoms with Crippen molar-refractivity contribution in [2.75, 3.05) is 5.32 Å². The van der Waals surface area contributed by atoms with Crippen molar-refractivity contribution in [3.05, 3.63) is 46.7 Å². The van der Waals surface area contributed by atoms with Crippen LogP contribution in [0.25, 0.3) is 0 Å². The van der Waals surface area contributed by atoms with E-state index in [9.17, 15) is 4.79 Å². The maximum absolute atomic E-state index is 12.1. The molecule has 1 aromatic heterocycles. The molecule has 0 unspecified atom stereocenters. The summed E-state index contributed by atoms with van der Waals surface area (Å²) >= 11 is 6.10. The van der Waals surface area contributed by atoms with Gasteiger partial charge in [0.25, 0.3) is 5.91 Å². The van der Waals surface area contributed by atoms with Gasteiger partial charge in [-0.2, -0.15) is 0 Å². The van der Waals surface area contributed by atoms with Crippen LogP contribution in [-0.2, 0) is 9.63 Å². The van der Waals surface area contributed by atoms with Crippen LogP contribution in [0.5, 0.6) is 0 Å². The van der Waals surface area contributed by atoms with E-state index in [1.54, 1.807) is 19.1 Å². The first-order chi connectivity index (χ1) is 10.1. The molecule has 1 aliphatic rings. The maximum atomic E-state index is 12.1. The van der Waals surface area contributed by atoms with Gasteiger partial charge in [0.2, 0.25) is 6.10 Å². The molecule has 0 spiro atoms. The van der Waals surface area contributed by atoms with Gasteiger partial charge in [-0.25, -0.2) is 0 Å². The molecule has 2 heterocycles. The molecule has 21 heavy (non-hydrogen) atoms. The predicted octanol–water partition coefficient (Wildman–Crippen LogP) is 2.77. The maximum Gasteiger partial charge on any atom is 0.269 e. The van der Waals surface area contributed by atoms with Crippen molar-refractivity contribution in [3.63, 3.8) is 0 Å². The van der Waals surface area contributed by atoms with Crippen LogP contribution >= 0.6 is 11.6 Å². The van der Waals surface area contributed by atoms with Gasteiger partial charge in [0.05, 0.1) is 5.71 Å². The standard InChI is InChI=1S/C14H12ClN3O3/c1-8-6-13(18-20-8)16-14(19)12-7-11(17-21-12)9-4-2-3-5-10(9)15/h2-6,12H,7H2,1H3,(H,16,18,19)/t12-/m1/s1. The molecule has 2 aromatic rings. The third kappa shape index (κ3) is 2.90. The summed E-state index contributed by atoms with van der Waals surface area (Å²) in [7, 11) is 0. The topological polar surface area (TPSA) is 76.7 Å². The highest BCUT2D eigenvalue weighted by molar-refractivity contribution is 6.34. The minimum atomic E-state index is -0.701. The summed E-state index contributed by atoms with van der Waals surface area (Å²) in [6.07, 6.45) is -0.347. The van der Waals surface area contributed by atoms with Crippen molar-refractivity contribution < 1.29 is 14.2 Å². The first-order valence-electron chi connectivity index (χ1n) is 6.35. The molecule has 1 amide bonds. The molecule has 7 heteroatoms. The molecule has 3 rings (SSSR count). The van der Waals surface area contributed by atoms with Gasteiger partial charge in [0, 0.05) is 23.1 Å². The van der Waals surface area contributed by atoms with Crippen molar-refractivity contribution >= 4 is 29.0 Å². The number of carbonyl (C=O) groups is 1. The second-order valence-electron chi connectivity index (χ2n) is 4.63. The monoisotopic (exact) mass is 305 g/mol. The first kappa shape index (κ1) is 13.6. The fourth-order valence-corrected chi connectivity index (χ4v) is 2.25. The summed E-state index contributed by atoms with van der Waals surface area (Å²) < 4.78 is 4.88. The van der Waals surface area contributed by atoms with Gasteiger partial charge in [-0.3, -0.25) is 4.79 Å². The van der Waals surface area contributed by atoms with E-state index in [0.29, 0.717) is 28.7 Å². The quantitative estimate of drug-likeness (QED) is 0.946. The smallest absolute Gasteiger partial charge is 0.269 e. The zero-order valence-corrected chi connectivity index (χ0v) is 11.9. The summed E-state index contributed by atoms with van der Waals surface area (Å²) in [6, 6.07) is 8.92. The van der Waals surface area contributed by atoms with E-state index in [4.69, 9.17) is 21.0 Å². The van der Waals surface area contributed by atoms with Crippen LogP contribution in [0.4, 0.5) is 5.82 Å². The van der Waals surface area contributed by atoms with Crippen LogP contribution in [0.3, 0.4) is 0 Å². The normalized spacial score (nSPS) is 17.2. The largest absolute Gasteiger partial charge is 0.382 e. The number of aromatic nitrogens is 1. The number of halogens is 1. The van der Waals surface area contributed by atoms with Gasteiger partial charge in [-0.1, -0.05) is 40.1 Å². The number of hydrogen-bond donors (Lipinski definition) is 1. The van der Waals surface area contributed by atoms with Gasteiger partial charge in [-0.05, 0) is 13.0 Å². The van der Waals surface area contributed by atoms with E-state index in [2.05, 4.69) is 15.6 Å². The Morgan fingerprint density at radius 3 is 2.95 bits per heavy atom. The first-order valence-corrected chi connectivity index (χ1v) is 6.73. The van der Waals surface area contributed by atoms with Crippen LogP contribution in [0.1, 0.15) is 17.7 Å². The number of nitrogens with zero attached hydrogens (tertiary/aromatic N) is 2. The van der Waals surface area contributed by atoms with E-state index in [1.807, 2.05) is 18.2 Å². The number of amides is 1. The molecule has 1 N–H and O–H groups in total. The van der Waals surface area contributed by atoms with E-state index in [-0.39, 0.29) is 5.91 Å². The molecule has 0 saturated heterocycles. The van der Waals surface area contributed by atoms with Crippen molar-refractivity contribution in [2.24, 2.45) is 5.16 Å². The molecule has 0 aliphatic carbocycles. The average Bonchev–Trinajstić information content (AvgIpc) is 3.09. The lowest BCUT2D eigenvalue weighted by molar-refractivity contribution is -0.125. The second-order valence-corrected chi connectivity index (χ2v) is 5.04. The van der Waals surface area contributed by atoms with E-state index >= 15 is 0 Å². The summed E-state index contributed by atoms with van der Waals surface area (Å²) in [4.78, 5) is 17.2. The highest BCUT2D eigenvalue weighted by atomic mass is 35.5. The molecule has 1 aliphatic heterocycles. The SMILES string of the molecule is Cc1cc(NC(=O)[C@H]2CC(c3ccccc3Cl)=NO2)no1. The van der Waals surface area contributed by atoms with Gasteiger partial charge in [0.1, 0.15) is 5.76 Å². The molecule has 0 saturated carbocycles. The Balaban J connectivity index is 1.66. The highest BCUT2D eigenvalue weighted by Gasteiger charge is 2.30. The van der Waals surface area contributed by atoms with E-state index < -0.39 is 6.10 Å². The molecule has 6 nitrogen and oxygen atoms in total. The molecule has 0 radical (unpaired) electrons. The molecule has 1 aromatic carbocycles. The van der Waals surface area contributed by atoms with Crippen LogP contribution in [0, 0.1) is 6.92 Å². The summed E-state index contributed by atoms with van der Waals surface area (Å²) in [5, 5.41) is 10.8. The Labute approximate surface area is 125 Å². The van der Waals surface area contributed by atoms with Crippen molar-refractivity contribution in [3.8, 4) is 0 Å². The van der Waals surface area contributed by atoms with Gasteiger partial charge < -0.3 is 14.7 Å². The van der Waals surface area contributed by atoms with Crippen LogP contribution in [0.2, 0.25) is 5.02 Å². The highest BCUT2D eigenvalue weighted by Crippen LogP contribution is 2.23. The number of nitrogens with one attached hydrogen (secondary N) is 1. The summed E-state index contributed by atoms with van der Waals surface area (Å²) in [6.45, 7) is 1.74. The number of aryl methyl sites for hydroxylation is 1. The van der Waals surface area contributed by atoms with Crippen molar-refractivity contribution in [1.82, 2.24) is 5.16 Å². The molecule has 0 fully saturated rings. The minimum absolute atomic E-state index is 0.325. The lowest BCUT2D eigenvalue weighted by Crippen LogP contribution is -2.28. The Hall–Kier alpha value is -2.34. The fourth-order valence-electron chi connectivity index (χ4n) is 2.00. The summed E-state index contributed by atoms with van der Waals surface area (Å²) in [5.74, 6) is 0.645. The number of benzene rings is 1. The number of carbonyl (C=O) groups excluding carboxylic acids is 1. The lowest BCUT2D eigenvalue weighted by Gasteiger charge is -2.06. The fraction of sp³-hybridized carbons (Fsp3) is 0.214. The third-order valence-electron chi connectivity index (χ3n) is 3.03. The lowest BCUT2D eigenvalue weighted by atomic mass is 10.0. The van der Waals surface area contributed by atoms with Gasteiger partial charge >= 0.3 is 0 Å². The van der Waals surface area contributed by atoms with Gasteiger partial charge in [0.15, 0.2) is 5.82 Å². The van der Waals surface area contributed by atoms with Crippen molar-refractivity contribution in [2.45, 2.75) is 19.4 Å². The number of oxime groups is 1. The Bertz CT molecular complexity index is 711. The molecular formula is C14H12ClN3O3. The molecule has 108 valence electrons. The van der Waals surface area contributed by atoms with Crippen molar-refractivity contribution in [1.29, 1.82) is 0 Å². The van der Waals surface area contributed by atoms with E-state index in [1.165, 1.54) is 0 Å². The molecule has 0 bridgehead atoms. The average molecular weight is 306 g/mol. The van der Waals surface area contributed by atoms with Crippen LogP contribution < -0.4 is 5.32 Å². The van der Waals surface area contributed by atoms with Crippen LogP contribution in [-0.4, -0.2) is 22.9 Å². The summed E-state index contributed by atoms with van der Waals surface area (Å²) in [5.41, 5.74) is 1.42. The number of anilines is 1. The zero-order valence-electron chi connectivity index (χ0n) is 11.2. The predicted molar refractivity (Wildman–Crippen MR) is 77.3 cm³/mol. The van der Waals surface area contributed by atoms with E-state index in [0.717, 1.165) is 5.56 Å².